The number of H-pyrrole nitrogens is 1. The number of rotatable bonds is 12. The first-order valence-corrected chi connectivity index (χ1v) is 11.7. The van der Waals surface area contributed by atoms with Crippen LogP contribution in [0.25, 0.3) is 17.2 Å². The molecule has 0 fully saturated rings. The zero-order valence-corrected chi connectivity index (χ0v) is 19.8. The number of benzene rings is 1. The van der Waals surface area contributed by atoms with Crippen molar-refractivity contribution in [1.82, 2.24) is 19.1 Å². The second-order valence-electron chi connectivity index (χ2n) is 8.31. The highest BCUT2D eigenvalue weighted by atomic mass is 16.2. The molecule has 33 heavy (non-hydrogen) atoms. The molecule has 0 spiro atoms. The Morgan fingerprint density at radius 1 is 1.09 bits per heavy atom. The molecule has 0 unspecified atom stereocenters. The van der Waals surface area contributed by atoms with Crippen molar-refractivity contribution in [1.29, 1.82) is 0 Å². The average Bonchev–Trinajstić information content (AvgIpc) is 3.19. The van der Waals surface area contributed by atoms with Crippen molar-refractivity contribution in [2.75, 3.05) is 5.43 Å². The molecular formula is C25H34N6O2. The summed E-state index contributed by atoms with van der Waals surface area (Å²) in [5.74, 6) is 0.454. The molecule has 0 radical (unpaired) electrons. The molecule has 0 amide bonds. The topological polar surface area (TPSA) is 97.1 Å². The van der Waals surface area contributed by atoms with Crippen molar-refractivity contribution in [2.45, 2.75) is 65.3 Å². The Hall–Kier alpha value is -3.42. The third kappa shape index (κ3) is 6.54. The molecular weight excluding hydrogens is 416 g/mol. The second-order valence-corrected chi connectivity index (χ2v) is 8.31. The molecule has 0 aliphatic rings. The van der Waals surface area contributed by atoms with Gasteiger partial charge in [-0.15, -0.1) is 0 Å². The highest BCUT2D eigenvalue weighted by Gasteiger charge is 2.17. The first kappa shape index (κ1) is 24.2. The summed E-state index contributed by atoms with van der Waals surface area (Å²) in [6.45, 7) is 4.73. The number of anilines is 1. The zero-order valence-electron chi connectivity index (χ0n) is 19.8. The number of hydrazone groups is 1. The smallest absolute Gasteiger partial charge is 0.303 e. The Balaban J connectivity index is 1.79. The number of unbranched alkanes of at least 4 members (excludes halogenated alkanes) is 6. The van der Waals surface area contributed by atoms with Gasteiger partial charge in [0.2, 0.25) is 5.95 Å². The van der Waals surface area contributed by atoms with Crippen LogP contribution in [0.4, 0.5) is 5.95 Å². The molecule has 0 aliphatic carbocycles. The van der Waals surface area contributed by atoms with Gasteiger partial charge in [0.15, 0.2) is 11.2 Å². The minimum Gasteiger partial charge on any atom is -0.303 e. The van der Waals surface area contributed by atoms with Gasteiger partial charge in [-0.1, -0.05) is 81.9 Å². The molecule has 0 atom stereocenters. The van der Waals surface area contributed by atoms with Crippen LogP contribution in [0.15, 0.2) is 51.1 Å². The maximum Gasteiger partial charge on any atom is 0.329 e. The summed E-state index contributed by atoms with van der Waals surface area (Å²) in [5.41, 5.74) is 4.67. The van der Waals surface area contributed by atoms with E-state index in [2.05, 4.69) is 27.4 Å². The average molecular weight is 451 g/mol. The van der Waals surface area contributed by atoms with Crippen LogP contribution in [0.2, 0.25) is 0 Å². The van der Waals surface area contributed by atoms with E-state index >= 15 is 0 Å². The summed E-state index contributed by atoms with van der Waals surface area (Å²) in [7, 11) is 1.60. The van der Waals surface area contributed by atoms with Crippen LogP contribution in [-0.4, -0.2) is 24.8 Å². The van der Waals surface area contributed by atoms with Gasteiger partial charge in [-0.2, -0.15) is 10.1 Å². The van der Waals surface area contributed by atoms with Gasteiger partial charge in [-0.25, -0.2) is 10.2 Å². The summed E-state index contributed by atoms with van der Waals surface area (Å²) >= 11 is 0. The van der Waals surface area contributed by atoms with Gasteiger partial charge in [0.1, 0.15) is 0 Å². The van der Waals surface area contributed by atoms with Crippen LogP contribution in [-0.2, 0) is 13.6 Å². The van der Waals surface area contributed by atoms with Crippen molar-refractivity contribution in [3.63, 3.8) is 0 Å². The number of nitrogens with one attached hydrogen (secondary N) is 2. The number of imidazole rings is 1. The summed E-state index contributed by atoms with van der Waals surface area (Å²) in [6, 6.07) is 9.98. The summed E-state index contributed by atoms with van der Waals surface area (Å²) in [5, 5.41) is 4.42. The number of aryl methyl sites for hydroxylation is 2. The fourth-order valence-corrected chi connectivity index (χ4v) is 3.72. The molecule has 0 saturated heterocycles. The lowest BCUT2D eigenvalue weighted by Crippen LogP contribution is -2.29. The molecule has 0 aliphatic heterocycles. The Kier molecular flexibility index (Phi) is 8.80. The van der Waals surface area contributed by atoms with E-state index in [4.69, 9.17) is 0 Å². The number of hydrogen-bond acceptors (Lipinski definition) is 5. The lowest BCUT2D eigenvalue weighted by atomic mass is 10.1. The number of aromatic nitrogens is 4. The van der Waals surface area contributed by atoms with Gasteiger partial charge in [-0.05, 0) is 25.0 Å². The van der Waals surface area contributed by atoms with Crippen LogP contribution in [0.1, 0.15) is 64.4 Å². The Bertz CT molecular complexity index is 1220. The van der Waals surface area contributed by atoms with Gasteiger partial charge < -0.3 is 4.57 Å². The third-order valence-corrected chi connectivity index (χ3v) is 5.64. The fraction of sp³-hybridized carbons (Fsp3) is 0.440. The van der Waals surface area contributed by atoms with E-state index in [9.17, 15) is 9.59 Å². The predicted molar refractivity (Wildman–Crippen MR) is 136 cm³/mol. The van der Waals surface area contributed by atoms with Gasteiger partial charge in [-0.3, -0.25) is 14.3 Å². The third-order valence-electron chi connectivity index (χ3n) is 5.64. The second kappa shape index (κ2) is 12.0. The summed E-state index contributed by atoms with van der Waals surface area (Å²) in [4.78, 5) is 31.5. The lowest BCUT2D eigenvalue weighted by Gasteiger charge is -2.08. The van der Waals surface area contributed by atoms with Crippen LogP contribution < -0.4 is 16.7 Å². The van der Waals surface area contributed by atoms with Gasteiger partial charge in [0, 0.05) is 13.6 Å². The molecule has 2 aromatic heterocycles. The van der Waals surface area contributed by atoms with E-state index in [0.717, 1.165) is 24.1 Å². The molecule has 0 bridgehead atoms. The molecule has 0 saturated carbocycles. The number of allylic oxidation sites excluding steroid dienone is 1. The molecule has 176 valence electrons. The van der Waals surface area contributed by atoms with E-state index < -0.39 is 11.2 Å². The minimum atomic E-state index is -0.481. The quantitative estimate of drug-likeness (QED) is 0.238. The molecule has 2 N–H and O–H groups in total. The van der Waals surface area contributed by atoms with Crippen molar-refractivity contribution in [3.05, 3.63) is 62.8 Å². The summed E-state index contributed by atoms with van der Waals surface area (Å²) < 4.78 is 3.19. The van der Waals surface area contributed by atoms with Crippen molar-refractivity contribution >= 4 is 28.9 Å². The Morgan fingerprint density at radius 2 is 1.79 bits per heavy atom. The number of fused-ring (bicyclic) bond motifs is 1. The monoisotopic (exact) mass is 450 g/mol. The van der Waals surface area contributed by atoms with Crippen LogP contribution in [0, 0.1) is 0 Å². The van der Waals surface area contributed by atoms with Crippen molar-refractivity contribution in [3.8, 4) is 0 Å². The van der Waals surface area contributed by atoms with E-state index in [-0.39, 0.29) is 0 Å². The first-order chi connectivity index (χ1) is 16.0. The zero-order chi connectivity index (χ0) is 23.6. The van der Waals surface area contributed by atoms with E-state index in [1.807, 2.05) is 54.0 Å². The number of aromatic amines is 1. The molecule has 1 aromatic carbocycles. The predicted octanol–water partition coefficient (Wildman–Crippen LogP) is 4.68. The largest absolute Gasteiger partial charge is 0.329 e. The van der Waals surface area contributed by atoms with Crippen molar-refractivity contribution < 1.29 is 0 Å². The standard InChI is InChI=1S/C25H34N6O2/c1-4-5-6-7-8-9-13-18-31-21-22(30(3)25(33)27-23(21)32)26-24(31)29-28-19(2)16-17-20-14-11-10-12-15-20/h10-12,14-17H,4-9,13,18H2,1-3H3,(H,26,29)(H,27,32,33)/b17-16-,28-19+. The van der Waals surface area contributed by atoms with Crippen LogP contribution in [0.5, 0.6) is 0 Å². The Labute approximate surface area is 194 Å². The van der Waals surface area contributed by atoms with Gasteiger partial charge >= 0.3 is 5.69 Å². The maximum atomic E-state index is 12.6. The van der Waals surface area contributed by atoms with Crippen LogP contribution in [0.3, 0.4) is 0 Å². The highest BCUT2D eigenvalue weighted by molar-refractivity contribution is 5.96. The fourth-order valence-electron chi connectivity index (χ4n) is 3.72. The van der Waals surface area contributed by atoms with E-state index in [0.29, 0.717) is 23.7 Å². The van der Waals surface area contributed by atoms with Gasteiger partial charge in [0.25, 0.3) is 5.56 Å². The normalized spacial score (nSPS) is 12.2. The van der Waals surface area contributed by atoms with Gasteiger partial charge in [0.05, 0.1) is 5.71 Å². The maximum absolute atomic E-state index is 12.6. The van der Waals surface area contributed by atoms with Crippen molar-refractivity contribution in [2.24, 2.45) is 12.1 Å². The number of hydrogen-bond donors (Lipinski definition) is 2. The van der Waals surface area contributed by atoms with E-state index in [1.165, 1.54) is 36.7 Å². The Morgan fingerprint density at radius 3 is 2.52 bits per heavy atom. The first-order valence-electron chi connectivity index (χ1n) is 11.7. The van der Waals surface area contributed by atoms with Crippen LogP contribution >= 0.6 is 0 Å². The molecule has 8 heteroatoms. The summed E-state index contributed by atoms with van der Waals surface area (Å²) in [6.07, 6.45) is 12.1. The highest BCUT2D eigenvalue weighted by Crippen LogP contribution is 2.17. The molecule has 2 heterocycles. The molecule has 3 rings (SSSR count). The lowest BCUT2D eigenvalue weighted by molar-refractivity contribution is 0.556. The van der Waals surface area contributed by atoms with E-state index in [1.54, 1.807) is 7.05 Å². The number of nitrogens with zero attached hydrogens (tertiary/aromatic N) is 4. The molecule has 3 aromatic rings. The minimum absolute atomic E-state index is 0.349. The molecule has 8 nitrogen and oxygen atoms in total. The SMILES string of the molecule is CCCCCCCCCn1c(N/N=C(C)/C=C\c2ccccc2)nc2c1c(=O)[nH]c(=O)n2C.